The summed E-state index contributed by atoms with van der Waals surface area (Å²) in [6.07, 6.45) is 8.07. The van der Waals surface area contributed by atoms with Gasteiger partial charge in [0, 0.05) is 32.6 Å². The third-order valence-corrected chi connectivity index (χ3v) is 9.94. The monoisotopic (exact) mass is 571 g/mol. The van der Waals surface area contributed by atoms with Gasteiger partial charge in [-0.25, -0.2) is 13.4 Å². The molecule has 0 saturated carbocycles. The Hall–Kier alpha value is -2.53. The molecule has 2 aromatic carbocycles. The number of hydrogen-bond donors (Lipinski definition) is 2. The van der Waals surface area contributed by atoms with Gasteiger partial charge in [-0.05, 0) is 86.4 Å². The molecule has 3 aliphatic heterocycles. The summed E-state index contributed by atoms with van der Waals surface area (Å²) < 4.78 is 28.0. The fourth-order valence-corrected chi connectivity index (χ4v) is 7.59. The first-order chi connectivity index (χ1) is 19.2. The molecule has 0 spiro atoms. The summed E-state index contributed by atoms with van der Waals surface area (Å²) in [6, 6.07) is 13.1. The molecule has 40 heavy (non-hydrogen) atoms. The molecule has 2 atom stereocenters. The van der Waals surface area contributed by atoms with Crippen LogP contribution in [0.15, 0.2) is 47.4 Å². The number of nitrogens with two attached hydrogens (primary N) is 1. The molecule has 9 nitrogen and oxygen atoms in total. The number of carbonyl (C=O) groups is 2. The molecular weight excluding hydrogens is 526 g/mol. The number of rotatable bonds is 7. The fourth-order valence-electron chi connectivity index (χ4n) is 6.00. The standard InChI is InChI=1S/C23H31N3O3S.C7H14N2O/c1-18-6-4-12-25(16-18)24-23(27)14-19-7-5-13-26(17-19)30(28,29)22-11-10-20-8-2-3-9-21(20)15-22;8-7(10)6-9-4-2-1-3-5-9/h2-3,8-11,15,18-19H,4-7,12-14,16-17H2,1H3,(H,24,27);1-6H2,(H2,8,10). The molecule has 10 heteroatoms. The number of amides is 2. The van der Waals surface area contributed by atoms with E-state index in [2.05, 4.69) is 17.2 Å². The van der Waals surface area contributed by atoms with Crippen molar-refractivity contribution in [3.8, 4) is 0 Å². The molecule has 2 amide bonds. The van der Waals surface area contributed by atoms with Crippen LogP contribution in [0.2, 0.25) is 0 Å². The zero-order valence-corrected chi connectivity index (χ0v) is 24.6. The van der Waals surface area contributed by atoms with Crippen molar-refractivity contribution >= 4 is 32.6 Å². The van der Waals surface area contributed by atoms with Gasteiger partial charge in [-0.3, -0.25) is 19.9 Å². The SMILES string of the molecule is CC1CCCN(NC(=O)CC2CCCN(S(=O)(=O)c3ccc4ccccc4c3)C2)C1.NC(=O)CN1CCCCC1. The Morgan fingerprint density at radius 1 is 0.900 bits per heavy atom. The Morgan fingerprint density at radius 3 is 2.35 bits per heavy atom. The van der Waals surface area contributed by atoms with Crippen LogP contribution in [0.5, 0.6) is 0 Å². The number of nitrogens with zero attached hydrogens (tertiary/aromatic N) is 3. The van der Waals surface area contributed by atoms with E-state index < -0.39 is 10.0 Å². The van der Waals surface area contributed by atoms with Crippen LogP contribution in [0.4, 0.5) is 0 Å². The first-order valence-electron chi connectivity index (χ1n) is 14.7. The van der Waals surface area contributed by atoms with Gasteiger partial charge in [0.15, 0.2) is 0 Å². The summed E-state index contributed by atoms with van der Waals surface area (Å²) in [7, 11) is -3.57. The summed E-state index contributed by atoms with van der Waals surface area (Å²) in [5.41, 5.74) is 8.07. The highest BCUT2D eigenvalue weighted by Gasteiger charge is 2.31. The van der Waals surface area contributed by atoms with E-state index in [0.29, 0.717) is 36.9 Å². The average Bonchev–Trinajstić information content (AvgIpc) is 2.93. The molecule has 3 N–H and O–H groups in total. The smallest absolute Gasteiger partial charge is 0.243 e. The Morgan fingerprint density at radius 2 is 1.62 bits per heavy atom. The topological polar surface area (TPSA) is 116 Å². The summed E-state index contributed by atoms with van der Waals surface area (Å²) in [5.74, 6) is 0.438. The lowest BCUT2D eigenvalue weighted by molar-refractivity contribution is -0.128. The van der Waals surface area contributed by atoms with Crippen LogP contribution in [0.3, 0.4) is 0 Å². The average molecular weight is 572 g/mol. The number of hydrogen-bond acceptors (Lipinski definition) is 6. The molecule has 0 aliphatic carbocycles. The van der Waals surface area contributed by atoms with E-state index in [1.807, 2.05) is 35.3 Å². The zero-order valence-electron chi connectivity index (χ0n) is 23.8. The van der Waals surface area contributed by atoms with E-state index >= 15 is 0 Å². The Kier molecular flexibility index (Phi) is 10.9. The molecule has 3 aliphatic rings. The third-order valence-electron chi connectivity index (χ3n) is 8.08. The van der Waals surface area contributed by atoms with Crippen molar-refractivity contribution in [1.29, 1.82) is 0 Å². The maximum Gasteiger partial charge on any atom is 0.243 e. The van der Waals surface area contributed by atoms with E-state index in [1.165, 1.54) is 25.7 Å². The second-order valence-electron chi connectivity index (χ2n) is 11.6. The van der Waals surface area contributed by atoms with Crippen molar-refractivity contribution in [3.63, 3.8) is 0 Å². The van der Waals surface area contributed by atoms with Crippen molar-refractivity contribution in [1.82, 2.24) is 19.6 Å². The van der Waals surface area contributed by atoms with Crippen molar-refractivity contribution in [3.05, 3.63) is 42.5 Å². The summed E-state index contributed by atoms with van der Waals surface area (Å²) in [5, 5.41) is 3.96. The van der Waals surface area contributed by atoms with E-state index in [-0.39, 0.29) is 17.7 Å². The predicted octanol–water partition coefficient (Wildman–Crippen LogP) is 3.35. The molecule has 2 aromatic rings. The van der Waals surface area contributed by atoms with Crippen molar-refractivity contribution < 1.29 is 18.0 Å². The van der Waals surface area contributed by atoms with Gasteiger partial charge >= 0.3 is 0 Å². The Balaban J connectivity index is 0.000000312. The number of benzene rings is 2. The lowest BCUT2D eigenvalue weighted by Gasteiger charge is -2.33. The number of sulfonamides is 1. The number of piperidine rings is 3. The minimum absolute atomic E-state index is 0.000877. The van der Waals surface area contributed by atoms with Gasteiger partial charge in [0.05, 0.1) is 11.4 Å². The van der Waals surface area contributed by atoms with Gasteiger partial charge in [0.2, 0.25) is 21.8 Å². The molecule has 5 rings (SSSR count). The van der Waals surface area contributed by atoms with Crippen LogP contribution in [0, 0.1) is 11.8 Å². The van der Waals surface area contributed by atoms with Crippen LogP contribution in [-0.4, -0.2) is 80.3 Å². The molecule has 3 heterocycles. The Bertz CT molecular complexity index is 1250. The Labute approximate surface area is 239 Å². The van der Waals surface area contributed by atoms with Crippen LogP contribution >= 0.6 is 0 Å². The number of primary amides is 1. The molecule has 2 unspecified atom stereocenters. The fraction of sp³-hybridized carbons (Fsp3) is 0.600. The van der Waals surface area contributed by atoms with Crippen molar-refractivity contribution in [2.24, 2.45) is 17.6 Å². The van der Waals surface area contributed by atoms with Crippen LogP contribution in [0.25, 0.3) is 10.8 Å². The van der Waals surface area contributed by atoms with Gasteiger partial charge < -0.3 is 5.73 Å². The van der Waals surface area contributed by atoms with Gasteiger partial charge in [0.1, 0.15) is 0 Å². The summed E-state index contributed by atoms with van der Waals surface area (Å²) >= 11 is 0. The van der Waals surface area contributed by atoms with Crippen molar-refractivity contribution in [2.75, 3.05) is 45.8 Å². The quantitative estimate of drug-likeness (QED) is 0.527. The summed E-state index contributed by atoms with van der Waals surface area (Å²) in [4.78, 5) is 25.4. The largest absolute Gasteiger partial charge is 0.369 e. The van der Waals surface area contributed by atoms with Gasteiger partial charge in [-0.1, -0.05) is 43.7 Å². The first kappa shape index (κ1) is 30.4. The van der Waals surface area contributed by atoms with E-state index in [0.717, 1.165) is 56.2 Å². The maximum atomic E-state index is 13.2. The van der Waals surface area contributed by atoms with E-state index in [4.69, 9.17) is 5.73 Å². The van der Waals surface area contributed by atoms with Gasteiger partial charge in [-0.15, -0.1) is 0 Å². The molecular formula is C30H45N5O4S. The normalized spacial score (nSPS) is 23.2. The van der Waals surface area contributed by atoms with E-state index in [1.54, 1.807) is 16.4 Å². The molecule has 0 aromatic heterocycles. The second-order valence-corrected chi connectivity index (χ2v) is 13.6. The number of fused-ring (bicyclic) bond motifs is 1. The van der Waals surface area contributed by atoms with Gasteiger partial charge in [0.25, 0.3) is 0 Å². The molecule has 220 valence electrons. The van der Waals surface area contributed by atoms with Crippen LogP contribution in [-0.2, 0) is 19.6 Å². The van der Waals surface area contributed by atoms with Crippen LogP contribution < -0.4 is 11.2 Å². The number of hydrazine groups is 1. The van der Waals surface area contributed by atoms with E-state index in [9.17, 15) is 18.0 Å². The van der Waals surface area contributed by atoms with Crippen molar-refractivity contribution in [2.45, 2.75) is 63.2 Å². The molecule has 0 radical (unpaired) electrons. The number of likely N-dealkylation sites (tertiary alicyclic amines) is 1. The molecule has 3 saturated heterocycles. The molecule has 3 fully saturated rings. The number of nitrogens with one attached hydrogen (secondary N) is 1. The highest BCUT2D eigenvalue weighted by molar-refractivity contribution is 7.89. The second kappa shape index (κ2) is 14.4. The maximum absolute atomic E-state index is 13.2. The third kappa shape index (κ3) is 8.73. The highest BCUT2D eigenvalue weighted by Crippen LogP contribution is 2.27. The first-order valence-corrected chi connectivity index (χ1v) is 16.2. The predicted molar refractivity (Wildman–Crippen MR) is 158 cm³/mol. The minimum atomic E-state index is -3.57. The minimum Gasteiger partial charge on any atom is -0.369 e. The number of carbonyl (C=O) groups excluding carboxylic acids is 2. The highest BCUT2D eigenvalue weighted by atomic mass is 32.2. The van der Waals surface area contributed by atoms with Crippen LogP contribution in [0.1, 0.15) is 58.3 Å². The zero-order chi connectivity index (χ0) is 28.5. The van der Waals surface area contributed by atoms with Gasteiger partial charge in [-0.2, -0.15) is 4.31 Å². The lowest BCUT2D eigenvalue weighted by Crippen LogP contribution is -2.48. The lowest BCUT2D eigenvalue weighted by atomic mass is 9.96. The molecule has 0 bridgehead atoms. The summed E-state index contributed by atoms with van der Waals surface area (Å²) in [6.45, 7) is 7.43.